The van der Waals surface area contributed by atoms with E-state index in [-0.39, 0.29) is 0 Å². The predicted octanol–water partition coefficient (Wildman–Crippen LogP) is 33.5. The van der Waals surface area contributed by atoms with E-state index in [2.05, 4.69) is 449 Å². The molecule has 0 aromatic heterocycles. The van der Waals surface area contributed by atoms with E-state index in [4.69, 9.17) is 0 Å². The SMILES string of the molecule is c1ccc2c(-c3ccc4c(ccc5cc(-c6cccc7ccccc67)ccc54)c3)cccc2c1.c1ccc2c(c1)cc(-c1ccc3c(ccc4cc(-c5cc6ccccc6c6ccccc56)ccc43)c1)c1ccccc12.c1ccc2c(c1)ccc1c(-c3c4ccccc4c(-c4cc5ccccc5c5ccccc45)c4ccccc34)cccc12. The van der Waals surface area contributed by atoms with Crippen LogP contribution in [0.15, 0.2) is 449 Å². The minimum absolute atomic E-state index is 1.25. The highest BCUT2D eigenvalue weighted by atomic mass is 14.3. The van der Waals surface area contributed by atoms with Gasteiger partial charge < -0.3 is 0 Å². The summed E-state index contributed by atoms with van der Waals surface area (Å²) in [7, 11) is 0. The molecule has 0 bridgehead atoms. The van der Waals surface area contributed by atoms with Gasteiger partial charge >= 0.3 is 0 Å². The van der Waals surface area contributed by atoms with Crippen molar-refractivity contribution in [3.05, 3.63) is 449 Å². The zero-order valence-electron chi connectivity index (χ0n) is 64.7. The van der Waals surface area contributed by atoms with Crippen LogP contribution in [-0.4, -0.2) is 0 Å². The van der Waals surface area contributed by atoms with E-state index in [0.29, 0.717) is 0 Å². The summed E-state index contributed by atoms with van der Waals surface area (Å²) in [4.78, 5) is 0. The van der Waals surface area contributed by atoms with Crippen molar-refractivity contribution in [1.29, 1.82) is 0 Å². The van der Waals surface area contributed by atoms with Gasteiger partial charge in [0.25, 0.3) is 0 Å². The lowest BCUT2D eigenvalue weighted by Crippen LogP contribution is -1.93. The molecule has 0 saturated carbocycles. The largest absolute Gasteiger partial charge is 0.0616 e. The van der Waals surface area contributed by atoms with Crippen molar-refractivity contribution in [2.24, 2.45) is 0 Å². The number of hydrogen-bond donors (Lipinski definition) is 0. The second kappa shape index (κ2) is 28.3. The summed E-state index contributed by atoms with van der Waals surface area (Å²) in [6, 6.07) is 165. The molecule has 0 spiro atoms. The third-order valence-corrected chi connectivity index (χ3v) is 25.1. The van der Waals surface area contributed by atoms with Crippen LogP contribution in [0.5, 0.6) is 0 Å². The molecule has 118 heavy (non-hydrogen) atoms. The van der Waals surface area contributed by atoms with Crippen LogP contribution < -0.4 is 0 Å². The summed E-state index contributed by atoms with van der Waals surface area (Å²) in [5.41, 5.74) is 15.3. The first-order valence-electron chi connectivity index (χ1n) is 41.0. The average molecular weight is 1490 g/mol. The summed E-state index contributed by atoms with van der Waals surface area (Å²) >= 11 is 0. The molecular formula is C118H74. The topological polar surface area (TPSA) is 0 Å². The second-order valence-corrected chi connectivity index (χ2v) is 31.5. The number of fused-ring (bicyclic) bond motifs is 22. The minimum Gasteiger partial charge on any atom is -0.0616 e. The highest BCUT2D eigenvalue weighted by Gasteiger charge is 2.22. The van der Waals surface area contributed by atoms with Crippen LogP contribution in [0.1, 0.15) is 0 Å². The molecule has 25 rings (SSSR count). The molecule has 0 unspecified atom stereocenters. The normalized spacial score (nSPS) is 11.7. The molecule has 0 aliphatic carbocycles. The fraction of sp³-hybridized carbons (Fsp3) is 0. The number of rotatable bonds is 6. The third-order valence-electron chi connectivity index (χ3n) is 25.1. The summed E-state index contributed by atoms with van der Waals surface area (Å²) < 4.78 is 0. The van der Waals surface area contributed by atoms with Gasteiger partial charge in [0.05, 0.1) is 0 Å². The molecule has 25 aromatic rings. The zero-order valence-corrected chi connectivity index (χ0v) is 64.7. The molecule has 0 radical (unpaired) electrons. The maximum Gasteiger partial charge on any atom is -0.00199 e. The molecule has 0 aliphatic rings. The number of hydrogen-bond acceptors (Lipinski definition) is 0. The van der Waals surface area contributed by atoms with E-state index in [1.54, 1.807) is 0 Å². The smallest absolute Gasteiger partial charge is 0.00199 e. The molecule has 0 fully saturated rings. The molecule has 546 valence electrons. The quantitative estimate of drug-likeness (QED) is 0.115. The van der Waals surface area contributed by atoms with Gasteiger partial charge in [-0.15, -0.1) is 0 Å². The Kier molecular flexibility index (Phi) is 16.4. The van der Waals surface area contributed by atoms with Gasteiger partial charge in [-0.1, -0.05) is 406 Å². The Hall–Kier alpha value is -15.3. The van der Waals surface area contributed by atoms with Crippen LogP contribution in [0.2, 0.25) is 0 Å². The molecule has 25 aromatic carbocycles. The van der Waals surface area contributed by atoms with E-state index < -0.39 is 0 Å². The summed E-state index contributed by atoms with van der Waals surface area (Å²) in [6.45, 7) is 0. The Morgan fingerprint density at radius 2 is 0.280 bits per heavy atom. The molecule has 0 nitrogen and oxygen atoms in total. The first-order valence-corrected chi connectivity index (χ1v) is 41.0. The molecule has 0 amide bonds. The molecule has 0 atom stereocenters. The highest BCUT2D eigenvalue weighted by Crippen LogP contribution is 2.50. The van der Waals surface area contributed by atoms with E-state index >= 15 is 0 Å². The lowest BCUT2D eigenvalue weighted by molar-refractivity contribution is 1.67. The fourth-order valence-corrected chi connectivity index (χ4v) is 19.6. The fourth-order valence-electron chi connectivity index (χ4n) is 19.6. The van der Waals surface area contributed by atoms with Crippen LogP contribution in [0.4, 0.5) is 0 Å². The molecule has 0 aliphatic heterocycles. The van der Waals surface area contributed by atoms with Crippen molar-refractivity contribution in [3.8, 4) is 66.8 Å². The molecular weight excluding hydrogens is 1420 g/mol. The van der Waals surface area contributed by atoms with Crippen LogP contribution in [-0.2, 0) is 0 Å². The Morgan fingerprint density at radius 3 is 0.653 bits per heavy atom. The zero-order chi connectivity index (χ0) is 77.7. The Labute approximate surface area is 683 Å². The van der Waals surface area contributed by atoms with Gasteiger partial charge in [-0.2, -0.15) is 0 Å². The van der Waals surface area contributed by atoms with Gasteiger partial charge in [-0.25, -0.2) is 0 Å². The van der Waals surface area contributed by atoms with Gasteiger partial charge in [0.15, 0.2) is 0 Å². The Bertz CT molecular complexity index is 8070. The number of benzene rings is 25. The summed E-state index contributed by atoms with van der Waals surface area (Å²) in [6.07, 6.45) is 0. The van der Waals surface area contributed by atoms with E-state index in [1.165, 1.54) is 239 Å². The van der Waals surface area contributed by atoms with Crippen LogP contribution in [0, 0.1) is 0 Å². The maximum absolute atomic E-state index is 2.40. The van der Waals surface area contributed by atoms with Crippen molar-refractivity contribution in [3.63, 3.8) is 0 Å². The molecule has 0 N–H and O–H groups in total. The maximum atomic E-state index is 2.40. The first kappa shape index (κ1) is 68.3. The Morgan fingerprint density at radius 1 is 0.0847 bits per heavy atom. The van der Waals surface area contributed by atoms with Gasteiger partial charge in [0.2, 0.25) is 0 Å². The van der Waals surface area contributed by atoms with E-state index in [9.17, 15) is 0 Å². The second-order valence-electron chi connectivity index (χ2n) is 31.5. The van der Waals surface area contributed by atoms with Crippen LogP contribution in [0.3, 0.4) is 0 Å². The molecule has 0 saturated heterocycles. The first-order chi connectivity index (χ1) is 58.5. The van der Waals surface area contributed by atoms with E-state index in [0.717, 1.165) is 0 Å². The van der Waals surface area contributed by atoms with Crippen molar-refractivity contribution in [1.82, 2.24) is 0 Å². The molecule has 0 heteroatoms. The average Bonchev–Trinajstić information content (AvgIpc) is 0.714. The van der Waals surface area contributed by atoms with Gasteiger partial charge in [0.1, 0.15) is 0 Å². The summed E-state index contributed by atoms with van der Waals surface area (Å²) in [5.74, 6) is 0. The standard InChI is InChI=1S/2C42H26.C34H22/c1-3-11-33-27(9-1)25-41(39-15-7-5-13-37(33)39)31-19-21-35-29(23-31)17-18-30-24-32(20-22-36(30)35)42-26-28-10-2-4-12-34(28)38-14-6-8-16-40(38)42;1-3-14-29-27(12-1)24-25-34-32(29)22-11-23-35(34)41-36-18-7-9-20-38(36)42(39-21-10-8-19-37(39)41)40-26-28-13-2-4-15-30(28)31-16-5-6-17-33(31)40;1-3-11-29-23(7-1)9-5-13-31(29)27-17-19-33-25(21-27)15-16-26-22-28(18-20-34(26)33)32-14-6-10-24-8-2-4-12-30(24)32/h2*1-26H;1-22H. The third kappa shape index (κ3) is 11.5. The lowest BCUT2D eigenvalue weighted by atomic mass is 9.83. The van der Waals surface area contributed by atoms with Crippen LogP contribution >= 0.6 is 0 Å². The van der Waals surface area contributed by atoms with E-state index in [1.807, 2.05) is 0 Å². The van der Waals surface area contributed by atoms with Gasteiger partial charge in [0, 0.05) is 0 Å². The van der Waals surface area contributed by atoms with Crippen molar-refractivity contribution >= 4 is 172 Å². The predicted molar refractivity (Wildman–Crippen MR) is 512 cm³/mol. The van der Waals surface area contributed by atoms with Crippen molar-refractivity contribution in [2.45, 2.75) is 0 Å². The van der Waals surface area contributed by atoms with Crippen molar-refractivity contribution < 1.29 is 0 Å². The highest BCUT2D eigenvalue weighted by molar-refractivity contribution is 6.29. The lowest BCUT2D eigenvalue weighted by Gasteiger charge is -2.20. The van der Waals surface area contributed by atoms with Crippen LogP contribution in [0.25, 0.3) is 239 Å². The Balaban J connectivity index is 0.000000105. The van der Waals surface area contributed by atoms with Gasteiger partial charge in [-0.05, 0) is 282 Å². The monoisotopic (exact) mass is 1490 g/mol. The minimum atomic E-state index is 1.25. The van der Waals surface area contributed by atoms with Crippen molar-refractivity contribution in [2.75, 3.05) is 0 Å². The summed E-state index contributed by atoms with van der Waals surface area (Å²) in [5, 5.41) is 41.2. The molecule has 0 heterocycles. The van der Waals surface area contributed by atoms with Gasteiger partial charge in [-0.3, -0.25) is 0 Å².